The summed E-state index contributed by atoms with van der Waals surface area (Å²) in [6.45, 7) is 0. The third-order valence-corrected chi connectivity index (χ3v) is 2.76. The van der Waals surface area contributed by atoms with Crippen molar-refractivity contribution in [2.24, 2.45) is 0 Å². The van der Waals surface area contributed by atoms with E-state index in [0.29, 0.717) is 11.3 Å². The Morgan fingerprint density at radius 1 is 1.14 bits per heavy atom. The minimum absolute atomic E-state index is 0.409. The molecule has 0 saturated heterocycles. The molecule has 0 atom stereocenters. The van der Waals surface area contributed by atoms with Crippen LogP contribution in [0.4, 0.5) is 0 Å². The lowest BCUT2D eigenvalue weighted by molar-refractivity contribution is -0.117. The van der Waals surface area contributed by atoms with E-state index in [-0.39, 0.29) is 0 Å². The molecule has 112 valence electrons. The summed E-state index contributed by atoms with van der Waals surface area (Å²) in [6, 6.07) is 10.4. The van der Waals surface area contributed by atoms with Crippen molar-refractivity contribution in [1.29, 1.82) is 0 Å². The van der Waals surface area contributed by atoms with E-state index in [1.165, 1.54) is 18.5 Å². The fraction of sp³-hybridized carbons (Fsp3) is 0.0625. The highest BCUT2D eigenvalue weighted by molar-refractivity contribution is 5.97. The topological polar surface area (TPSA) is 80.3 Å². The molecular formula is C16H15N3O3. The lowest BCUT2D eigenvalue weighted by Crippen LogP contribution is -2.40. The van der Waals surface area contributed by atoms with Crippen molar-refractivity contribution in [3.63, 3.8) is 0 Å². The molecule has 0 aliphatic rings. The Labute approximate surface area is 127 Å². The fourth-order valence-electron chi connectivity index (χ4n) is 1.65. The van der Waals surface area contributed by atoms with Gasteiger partial charge in [-0.05, 0) is 35.9 Å². The average Bonchev–Trinajstić information content (AvgIpc) is 2.58. The number of methoxy groups -OCH3 is 1. The normalized spacial score (nSPS) is 10.2. The average molecular weight is 297 g/mol. The quantitative estimate of drug-likeness (QED) is 0.663. The lowest BCUT2D eigenvalue weighted by atomic mass is 10.2. The number of nitrogens with zero attached hydrogens (tertiary/aromatic N) is 1. The summed E-state index contributed by atoms with van der Waals surface area (Å²) < 4.78 is 5.09. The van der Waals surface area contributed by atoms with Crippen LogP contribution in [0.5, 0.6) is 5.75 Å². The molecule has 2 aromatic rings. The van der Waals surface area contributed by atoms with E-state index in [9.17, 15) is 9.59 Å². The van der Waals surface area contributed by atoms with E-state index in [1.807, 2.05) is 18.2 Å². The second-order valence-corrected chi connectivity index (χ2v) is 4.29. The van der Waals surface area contributed by atoms with Crippen LogP contribution in [-0.4, -0.2) is 23.9 Å². The number of rotatable bonds is 4. The smallest absolute Gasteiger partial charge is 0.269 e. The molecule has 0 fully saturated rings. The van der Waals surface area contributed by atoms with Gasteiger partial charge in [-0.1, -0.05) is 12.1 Å². The Balaban J connectivity index is 1.87. The lowest BCUT2D eigenvalue weighted by Gasteiger charge is -2.04. The van der Waals surface area contributed by atoms with Crippen LogP contribution in [0.15, 0.2) is 54.9 Å². The minimum atomic E-state index is -0.440. The van der Waals surface area contributed by atoms with Crippen LogP contribution in [0.25, 0.3) is 6.08 Å². The molecule has 0 spiro atoms. The molecule has 1 aromatic heterocycles. The zero-order valence-electron chi connectivity index (χ0n) is 11.9. The van der Waals surface area contributed by atoms with Gasteiger partial charge in [-0.25, -0.2) is 0 Å². The molecule has 6 nitrogen and oxygen atoms in total. The molecule has 1 aromatic carbocycles. The number of carbonyl (C=O) groups excluding carboxylic acids is 2. The van der Waals surface area contributed by atoms with E-state index in [0.717, 1.165) is 5.56 Å². The Hall–Kier alpha value is -3.15. The number of pyridine rings is 1. The molecule has 0 radical (unpaired) electrons. The van der Waals surface area contributed by atoms with Gasteiger partial charge >= 0.3 is 0 Å². The number of hydrogen-bond donors (Lipinski definition) is 2. The zero-order chi connectivity index (χ0) is 15.8. The first kappa shape index (κ1) is 15.2. The maximum atomic E-state index is 11.7. The summed E-state index contributed by atoms with van der Waals surface area (Å²) in [6.07, 6.45) is 5.94. The predicted octanol–water partition coefficient (Wildman–Crippen LogP) is 1.56. The zero-order valence-corrected chi connectivity index (χ0v) is 11.9. The van der Waals surface area contributed by atoms with Crippen molar-refractivity contribution in [1.82, 2.24) is 15.8 Å². The van der Waals surface area contributed by atoms with Crippen molar-refractivity contribution >= 4 is 17.9 Å². The Morgan fingerprint density at radius 3 is 2.64 bits per heavy atom. The van der Waals surface area contributed by atoms with Crippen LogP contribution in [-0.2, 0) is 4.79 Å². The van der Waals surface area contributed by atoms with Gasteiger partial charge in [0, 0.05) is 24.0 Å². The van der Waals surface area contributed by atoms with Gasteiger partial charge in [-0.3, -0.25) is 25.4 Å². The molecule has 2 amide bonds. The molecule has 0 unspecified atom stereocenters. The number of nitrogens with one attached hydrogen (secondary N) is 2. The first-order chi connectivity index (χ1) is 10.7. The Bertz CT molecular complexity index is 684. The SMILES string of the molecule is COc1cccc(/C=C/C(=O)NNC(=O)c2ccncc2)c1. The number of benzene rings is 1. The fourth-order valence-corrected chi connectivity index (χ4v) is 1.65. The molecule has 22 heavy (non-hydrogen) atoms. The standard InChI is InChI=1S/C16H15N3O3/c1-22-14-4-2-3-12(11-14)5-6-15(20)18-19-16(21)13-7-9-17-10-8-13/h2-11H,1H3,(H,18,20)(H,19,21)/b6-5+. The van der Waals surface area contributed by atoms with Crippen LogP contribution in [0.3, 0.4) is 0 Å². The number of aromatic nitrogens is 1. The maximum absolute atomic E-state index is 11.7. The second-order valence-electron chi connectivity index (χ2n) is 4.29. The number of hydrogen-bond acceptors (Lipinski definition) is 4. The highest BCUT2D eigenvalue weighted by atomic mass is 16.5. The molecule has 0 aliphatic heterocycles. The number of carbonyl (C=O) groups is 2. The summed E-state index contributed by atoms with van der Waals surface area (Å²) in [7, 11) is 1.57. The summed E-state index contributed by atoms with van der Waals surface area (Å²) in [5, 5.41) is 0. The third kappa shape index (κ3) is 4.45. The van der Waals surface area contributed by atoms with Crippen molar-refractivity contribution in [3.8, 4) is 5.75 Å². The van der Waals surface area contributed by atoms with Crippen molar-refractivity contribution < 1.29 is 14.3 Å². The first-order valence-corrected chi connectivity index (χ1v) is 6.51. The van der Waals surface area contributed by atoms with E-state index >= 15 is 0 Å². The molecule has 0 bridgehead atoms. The maximum Gasteiger partial charge on any atom is 0.269 e. The third-order valence-electron chi connectivity index (χ3n) is 2.76. The van der Waals surface area contributed by atoms with E-state index in [2.05, 4.69) is 15.8 Å². The van der Waals surface area contributed by atoms with Crippen LogP contribution >= 0.6 is 0 Å². The van der Waals surface area contributed by atoms with Gasteiger partial charge in [0.2, 0.25) is 0 Å². The van der Waals surface area contributed by atoms with Gasteiger partial charge in [-0.2, -0.15) is 0 Å². The number of amides is 2. The van der Waals surface area contributed by atoms with Crippen molar-refractivity contribution in [2.75, 3.05) is 7.11 Å². The number of hydrazine groups is 1. The molecule has 2 N–H and O–H groups in total. The molecule has 0 aliphatic carbocycles. The molecule has 1 heterocycles. The van der Waals surface area contributed by atoms with Gasteiger partial charge in [0.05, 0.1) is 7.11 Å². The Morgan fingerprint density at radius 2 is 1.91 bits per heavy atom. The molecule has 0 saturated carbocycles. The molecular weight excluding hydrogens is 282 g/mol. The van der Waals surface area contributed by atoms with E-state index < -0.39 is 11.8 Å². The van der Waals surface area contributed by atoms with Crippen molar-refractivity contribution in [3.05, 3.63) is 66.0 Å². The Kier molecular flexibility index (Phi) is 5.25. The molecule has 2 rings (SSSR count). The monoisotopic (exact) mass is 297 g/mol. The van der Waals surface area contributed by atoms with Gasteiger partial charge < -0.3 is 4.74 Å². The molecule has 6 heteroatoms. The summed E-state index contributed by atoms with van der Waals surface area (Å²) in [4.78, 5) is 27.2. The van der Waals surface area contributed by atoms with Gasteiger partial charge in [-0.15, -0.1) is 0 Å². The second kappa shape index (κ2) is 7.58. The van der Waals surface area contributed by atoms with Gasteiger partial charge in [0.1, 0.15) is 5.75 Å². The number of ether oxygens (including phenoxy) is 1. The highest BCUT2D eigenvalue weighted by Gasteiger charge is 2.04. The first-order valence-electron chi connectivity index (χ1n) is 6.51. The van der Waals surface area contributed by atoms with Crippen LogP contribution in [0, 0.1) is 0 Å². The van der Waals surface area contributed by atoms with Crippen LogP contribution in [0.1, 0.15) is 15.9 Å². The van der Waals surface area contributed by atoms with E-state index in [1.54, 1.807) is 31.4 Å². The summed E-state index contributed by atoms with van der Waals surface area (Å²) >= 11 is 0. The van der Waals surface area contributed by atoms with Gasteiger partial charge in [0.15, 0.2) is 0 Å². The largest absolute Gasteiger partial charge is 0.497 e. The summed E-state index contributed by atoms with van der Waals surface area (Å²) in [5.74, 6) is -0.149. The highest BCUT2D eigenvalue weighted by Crippen LogP contribution is 2.13. The van der Waals surface area contributed by atoms with Crippen LogP contribution in [0.2, 0.25) is 0 Å². The minimum Gasteiger partial charge on any atom is -0.497 e. The van der Waals surface area contributed by atoms with Gasteiger partial charge in [0.25, 0.3) is 11.8 Å². The summed E-state index contributed by atoms with van der Waals surface area (Å²) in [5.41, 5.74) is 5.84. The van der Waals surface area contributed by atoms with Crippen molar-refractivity contribution in [2.45, 2.75) is 0 Å². The van der Waals surface area contributed by atoms with Crippen LogP contribution < -0.4 is 15.6 Å². The predicted molar refractivity (Wildman–Crippen MR) is 81.9 cm³/mol. The van der Waals surface area contributed by atoms with E-state index in [4.69, 9.17) is 4.74 Å².